The summed E-state index contributed by atoms with van der Waals surface area (Å²) in [7, 11) is 0. The molecule has 0 atom stereocenters. The minimum absolute atomic E-state index is 0.000411. The Morgan fingerprint density at radius 2 is 2.00 bits per heavy atom. The van der Waals surface area contributed by atoms with Gasteiger partial charge in [0.05, 0.1) is 5.69 Å². The van der Waals surface area contributed by atoms with E-state index in [2.05, 4.69) is 25.8 Å². The van der Waals surface area contributed by atoms with E-state index in [1.165, 1.54) is 0 Å². The Morgan fingerprint density at radius 1 is 1.36 bits per heavy atom. The van der Waals surface area contributed by atoms with Gasteiger partial charge in [-0.15, -0.1) is 0 Å². The number of aromatic nitrogens is 1. The lowest BCUT2D eigenvalue weighted by molar-refractivity contribution is 0.0936. The van der Waals surface area contributed by atoms with Crippen molar-refractivity contribution in [2.24, 2.45) is 0 Å². The summed E-state index contributed by atoms with van der Waals surface area (Å²) >= 11 is 0. The van der Waals surface area contributed by atoms with Crippen LogP contribution >= 0.6 is 0 Å². The minimum atomic E-state index is -0.333. The zero-order chi connectivity index (χ0) is 10.8. The number of aliphatic hydroxyl groups excluding tert-OH is 1. The van der Waals surface area contributed by atoms with Gasteiger partial charge in [-0.25, -0.2) is 4.98 Å². The first-order valence-corrected chi connectivity index (χ1v) is 4.66. The van der Waals surface area contributed by atoms with Crippen molar-refractivity contribution in [3.05, 3.63) is 23.4 Å². The second-order valence-electron chi connectivity index (χ2n) is 4.39. The van der Waals surface area contributed by atoms with Crippen molar-refractivity contribution in [2.75, 3.05) is 6.79 Å². The molecule has 3 nitrogen and oxygen atoms in total. The van der Waals surface area contributed by atoms with Crippen LogP contribution in [0.2, 0.25) is 0 Å². The summed E-state index contributed by atoms with van der Waals surface area (Å²) in [6.07, 6.45) is 0. The fourth-order valence-corrected chi connectivity index (χ4v) is 1.16. The molecular weight excluding hydrogens is 178 g/mol. The average Bonchev–Trinajstić information content (AvgIpc) is 2.02. The Kier molecular flexibility index (Phi) is 3.11. The van der Waals surface area contributed by atoms with Crippen molar-refractivity contribution in [1.29, 1.82) is 0 Å². The maximum Gasteiger partial charge on any atom is 0.215 e. The largest absolute Gasteiger partial charge is 0.451 e. The van der Waals surface area contributed by atoms with Gasteiger partial charge in [0, 0.05) is 11.5 Å². The molecule has 1 N–H and O–H groups in total. The predicted octanol–water partition coefficient (Wildman–Crippen LogP) is 2.02. The molecule has 0 aliphatic rings. The first-order chi connectivity index (χ1) is 6.43. The molecule has 0 aliphatic heterocycles. The van der Waals surface area contributed by atoms with Gasteiger partial charge in [-0.2, -0.15) is 0 Å². The van der Waals surface area contributed by atoms with Crippen LogP contribution in [-0.4, -0.2) is 16.9 Å². The van der Waals surface area contributed by atoms with Crippen molar-refractivity contribution in [1.82, 2.24) is 4.98 Å². The fraction of sp³-hybridized carbons (Fsp3) is 0.545. The van der Waals surface area contributed by atoms with E-state index in [4.69, 9.17) is 9.84 Å². The molecule has 78 valence electrons. The molecule has 0 saturated heterocycles. The summed E-state index contributed by atoms with van der Waals surface area (Å²) in [4.78, 5) is 4.31. The average molecular weight is 195 g/mol. The standard InChI is InChI=1S/C11H17NO2/c1-8-5-9(11(2,3)4)12-10(6-8)14-7-13/h5-6,13H,7H2,1-4H3. The molecule has 3 heteroatoms. The van der Waals surface area contributed by atoms with Gasteiger partial charge >= 0.3 is 0 Å². The topological polar surface area (TPSA) is 42.4 Å². The van der Waals surface area contributed by atoms with E-state index >= 15 is 0 Å². The zero-order valence-corrected chi connectivity index (χ0v) is 9.16. The summed E-state index contributed by atoms with van der Waals surface area (Å²) in [5, 5.41) is 8.64. The van der Waals surface area contributed by atoms with E-state index in [9.17, 15) is 0 Å². The number of ether oxygens (including phenoxy) is 1. The molecule has 1 aromatic rings. The molecule has 1 heterocycles. The number of hydrogen-bond donors (Lipinski definition) is 1. The second kappa shape index (κ2) is 3.96. The first-order valence-electron chi connectivity index (χ1n) is 4.66. The normalized spacial score (nSPS) is 11.5. The van der Waals surface area contributed by atoms with Crippen LogP contribution in [0.1, 0.15) is 32.0 Å². The van der Waals surface area contributed by atoms with Crippen molar-refractivity contribution < 1.29 is 9.84 Å². The molecule has 0 saturated carbocycles. The van der Waals surface area contributed by atoms with Gasteiger partial charge in [-0.1, -0.05) is 20.8 Å². The van der Waals surface area contributed by atoms with Crippen molar-refractivity contribution >= 4 is 0 Å². The zero-order valence-electron chi connectivity index (χ0n) is 9.16. The van der Waals surface area contributed by atoms with Crippen molar-refractivity contribution in [2.45, 2.75) is 33.1 Å². The molecule has 0 spiro atoms. The molecule has 1 rings (SSSR count). The second-order valence-corrected chi connectivity index (χ2v) is 4.39. The Labute approximate surface area is 84.7 Å². The van der Waals surface area contributed by atoms with Crippen LogP contribution in [0.5, 0.6) is 5.88 Å². The molecule has 0 amide bonds. The summed E-state index contributed by atoms with van der Waals surface area (Å²) < 4.78 is 4.97. The van der Waals surface area contributed by atoms with Gasteiger partial charge in [0.15, 0.2) is 6.79 Å². The third-order valence-electron chi connectivity index (χ3n) is 1.93. The van der Waals surface area contributed by atoms with Gasteiger partial charge in [0.2, 0.25) is 5.88 Å². The highest BCUT2D eigenvalue weighted by Gasteiger charge is 2.16. The summed E-state index contributed by atoms with van der Waals surface area (Å²) in [5.74, 6) is 0.484. The number of pyridine rings is 1. The first kappa shape index (κ1) is 11.0. The Morgan fingerprint density at radius 3 is 2.50 bits per heavy atom. The lowest BCUT2D eigenvalue weighted by atomic mass is 9.91. The van der Waals surface area contributed by atoms with E-state index in [-0.39, 0.29) is 12.2 Å². The van der Waals surface area contributed by atoms with Crippen molar-refractivity contribution in [3.63, 3.8) is 0 Å². The molecule has 0 aromatic carbocycles. The van der Waals surface area contributed by atoms with E-state index in [0.29, 0.717) is 5.88 Å². The molecule has 0 unspecified atom stereocenters. The van der Waals surface area contributed by atoms with Crippen LogP contribution < -0.4 is 4.74 Å². The quantitative estimate of drug-likeness (QED) is 0.734. The van der Waals surface area contributed by atoms with Crippen LogP contribution in [0.4, 0.5) is 0 Å². The van der Waals surface area contributed by atoms with Crippen LogP contribution in [0.15, 0.2) is 12.1 Å². The monoisotopic (exact) mass is 195 g/mol. The summed E-state index contributed by atoms with van der Waals surface area (Å²) in [6.45, 7) is 7.94. The molecular formula is C11H17NO2. The molecule has 0 bridgehead atoms. The molecule has 0 fully saturated rings. The maximum atomic E-state index is 8.64. The highest BCUT2D eigenvalue weighted by atomic mass is 16.6. The van der Waals surface area contributed by atoms with Gasteiger partial charge < -0.3 is 9.84 Å². The van der Waals surface area contributed by atoms with Gasteiger partial charge in [0.25, 0.3) is 0 Å². The third kappa shape index (κ3) is 2.70. The van der Waals surface area contributed by atoms with E-state index in [0.717, 1.165) is 11.3 Å². The number of nitrogens with zero attached hydrogens (tertiary/aromatic N) is 1. The lowest BCUT2D eigenvalue weighted by Gasteiger charge is -2.19. The molecule has 1 aromatic heterocycles. The Balaban J connectivity index is 3.07. The molecule has 14 heavy (non-hydrogen) atoms. The lowest BCUT2D eigenvalue weighted by Crippen LogP contribution is -2.14. The fourth-order valence-electron chi connectivity index (χ4n) is 1.16. The van der Waals surface area contributed by atoms with Crippen LogP contribution in [-0.2, 0) is 5.41 Å². The number of aliphatic hydroxyl groups is 1. The number of aryl methyl sites for hydroxylation is 1. The van der Waals surface area contributed by atoms with Crippen LogP contribution in [0, 0.1) is 6.92 Å². The minimum Gasteiger partial charge on any atom is -0.451 e. The van der Waals surface area contributed by atoms with E-state index in [1.807, 2.05) is 19.1 Å². The van der Waals surface area contributed by atoms with Crippen LogP contribution in [0.3, 0.4) is 0 Å². The van der Waals surface area contributed by atoms with Gasteiger partial charge in [-0.05, 0) is 18.6 Å². The maximum absolute atomic E-state index is 8.64. The number of rotatable bonds is 2. The molecule has 0 aliphatic carbocycles. The summed E-state index contributed by atoms with van der Waals surface area (Å²) in [5.41, 5.74) is 2.06. The van der Waals surface area contributed by atoms with Crippen molar-refractivity contribution in [3.8, 4) is 5.88 Å². The highest BCUT2D eigenvalue weighted by Crippen LogP contribution is 2.23. The Bertz CT molecular complexity index is 316. The number of hydrogen-bond acceptors (Lipinski definition) is 3. The molecule has 0 radical (unpaired) electrons. The van der Waals surface area contributed by atoms with E-state index < -0.39 is 0 Å². The Hall–Kier alpha value is -1.09. The predicted molar refractivity (Wildman–Crippen MR) is 55.4 cm³/mol. The van der Waals surface area contributed by atoms with Gasteiger partial charge in [0.1, 0.15) is 0 Å². The third-order valence-corrected chi connectivity index (χ3v) is 1.93. The highest BCUT2D eigenvalue weighted by molar-refractivity contribution is 5.27. The van der Waals surface area contributed by atoms with E-state index in [1.54, 1.807) is 0 Å². The van der Waals surface area contributed by atoms with Gasteiger partial charge in [-0.3, -0.25) is 0 Å². The smallest absolute Gasteiger partial charge is 0.215 e. The SMILES string of the molecule is Cc1cc(OCO)nc(C(C)(C)C)c1. The van der Waals surface area contributed by atoms with Crippen LogP contribution in [0.25, 0.3) is 0 Å². The summed E-state index contributed by atoms with van der Waals surface area (Å²) in [6, 6.07) is 3.84.